The molecule has 1 heteroatoms. The highest BCUT2D eigenvalue weighted by molar-refractivity contribution is 5.76. The molecule has 0 bridgehead atoms. The van der Waals surface area contributed by atoms with Crippen LogP contribution in [0.1, 0.15) is 11.1 Å². The van der Waals surface area contributed by atoms with Crippen molar-refractivity contribution in [2.24, 2.45) is 0 Å². The van der Waals surface area contributed by atoms with Crippen LogP contribution in [0.25, 0.3) is 0 Å². The van der Waals surface area contributed by atoms with Gasteiger partial charge in [0.15, 0.2) is 0 Å². The molecule has 0 atom stereocenters. The van der Waals surface area contributed by atoms with E-state index in [1.165, 1.54) is 17.1 Å². The summed E-state index contributed by atoms with van der Waals surface area (Å²) in [5.41, 5.74) is 5.60. The van der Waals surface area contributed by atoms with Crippen molar-refractivity contribution in [3.05, 3.63) is 163 Å². The van der Waals surface area contributed by atoms with Crippen molar-refractivity contribution < 1.29 is 0 Å². The molecule has 0 aliphatic rings. The first kappa shape index (κ1) is 21.7. The van der Waals surface area contributed by atoms with E-state index in [2.05, 4.69) is 89.5 Å². The Morgan fingerprint density at radius 1 is 0.303 bits per heavy atom. The maximum atomic E-state index is 3.11. The topological polar surface area (TPSA) is 3.24 Å². The molecule has 0 spiro atoms. The van der Waals surface area contributed by atoms with Gasteiger partial charge in [-0.15, -0.1) is 0 Å². The minimum absolute atomic E-state index is 1.05. The fourth-order valence-electron chi connectivity index (χ4n) is 3.37. The third kappa shape index (κ3) is 6.47. The molecule has 5 aromatic carbocycles. The Balaban J connectivity index is 0.000000165. The van der Waals surface area contributed by atoms with Crippen LogP contribution in [-0.4, -0.2) is 0 Å². The highest BCUT2D eigenvalue weighted by Crippen LogP contribution is 2.33. The Kier molecular flexibility index (Phi) is 7.72. The van der Waals surface area contributed by atoms with Crippen LogP contribution in [0.4, 0.5) is 17.1 Å². The number of hydrogen-bond donors (Lipinski definition) is 0. The van der Waals surface area contributed by atoms with Crippen LogP contribution in [0.3, 0.4) is 0 Å². The van der Waals surface area contributed by atoms with Gasteiger partial charge in [-0.2, -0.15) is 0 Å². The zero-order chi connectivity index (χ0) is 22.6. The van der Waals surface area contributed by atoms with Crippen LogP contribution in [-0.2, 0) is 0 Å². The zero-order valence-electron chi connectivity index (χ0n) is 18.4. The lowest BCUT2D eigenvalue weighted by Gasteiger charge is -2.25. The fraction of sp³-hybridized carbons (Fsp3) is 0. The van der Waals surface area contributed by atoms with E-state index in [-0.39, 0.29) is 0 Å². The van der Waals surface area contributed by atoms with E-state index in [9.17, 15) is 0 Å². The van der Waals surface area contributed by atoms with Crippen LogP contribution < -0.4 is 4.90 Å². The van der Waals surface area contributed by atoms with Crippen LogP contribution in [0.5, 0.6) is 0 Å². The van der Waals surface area contributed by atoms with E-state index >= 15 is 0 Å². The third-order valence-electron chi connectivity index (χ3n) is 4.94. The summed E-state index contributed by atoms with van der Waals surface area (Å²) in [5, 5.41) is 0. The molecule has 0 heterocycles. The monoisotopic (exact) mass is 423 g/mol. The Morgan fingerprint density at radius 3 is 0.818 bits per heavy atom. The van der Waals surface area contributed by atoms with Gasteiger partial charge in [0.05, 0.1) is 0 Å². The van der Waals surface area contributed by atoms with Crippen LogP contribution in [0.2, 0.25) is 0 Å². The molecule has 0 saturated heterocycles. The van der Waals surface area contributed by atoms with Gasteiger partial charge in [-0.25, -0.2) is 0 Å². The summed E-state index contributed by atoms with van der Waals surface area (Å²) in [6, 6.07) is 51.3. The number of nitrogens with zero attached hydrogens (tertiary/aromatic N) is 1. The van der Waals surface area contributed by atoms with Crippen LogP contribution in [0, 0.1) is 11.8 Å². The average molecular weight is 424 g/mol. The Bertz CT molecular complexity index is 1130. The Morgan fingerprint density at radius 2 is 0.545 bits per heavy atom. The summed E-state index contributed by atoms with van der Waals surface area (Å²) >= 11 is 0. The molecule has 0 unspecified atom stereocenters. The normalized spacial score (nSPS) is 9.58. The molecule has 0 saturated carbocycles. The van der Waals surface area contributed by atoms with Crippen molar-refractivity contribution in [3.8, 4) is 11.8 Å². The molecule has 5 aromatic rings. The van der Waals surface area contributed by atoms with Crippen molar-refractivity contribution in [3.63, 3.8) is 0 Å². The lowest BCUT2D eigenvalue weighted by Crippen LogP contribution is -2.09. The third-order valence-corrected chi connectivity index (χ3v) is 4.94. The largest absolute Gasteiger partial charge is 0.311 e. The van der Waals surface area contributed by atoms with Gasteiger partial charge in [0, 0.05) is 28.2 Å². The predicted molar refractivity (Wildman–Crippen MR) is 140 cm³/mol. The van der Waals surface area contributed by atoms with Gasteiger partial charge in [0.1, 0.15) is 0 Å². The maximum Gasteiger partial charge on any atom is 0.0461 e. The summed E-state index contributed by atoms with van der Waals surface area (Å²) in [5.74, 6) is 6.22. The minimum Gasteiger partial charge on any atom is -0.311 e. The molecular formula is C32H25N. The predicted octanol–water partition coefficient (Wildman–Crippen LogP) is 8.24. The second kappa shape index (κ2) is 11.7. The molecular weight excluding hydrogens is 398 g/mol. The molecule has 0 amide bonds. The van der Waals surface area contributed by atoms with E-state index in [1.807, 2.05) is 78.9 Å². The summed E-state index contributed by atoms with van der Waals surface area (Å²) in [6.45, 7) is 0. The van der Waals surface area contributed by atoms with E-state index < -0.39 is 0 Å². The van der Waals surface area contributed by atoms with Crippen molar-refractivity contribution >= 4 is 17.1 Å². The number of para-hydroxylation sites is 3. The number of hydrogen-bond acceptors (Lipinski definition) is 1. The minimum atomic E-state index is 1.05. The van der Waals surface area contributed by atoms with Crippen molar-refractivity contribution in [1.82, 2.24) is 0 Å². The fourth-order valence-corrected chi connectivity index (χ4v) is 3.37. The smallest absolute Gasteiger partial charge is 0.0461 e. The molecule has 0 aliphatic carbocycles. The first-order valence-electron chi connectivity index (χ1n) is 11.0. The molecule has 0 aliphatic heterocycles. The Hall–Kier alpha value is -4.54. The molecule has 158 valence electrons. The van der Waals surface area contributed by atoms with Gasteiger partial charge < -0.3 is 4.90 Å². The van der Waals surface area contributed by atoms with Crippen molar-refractivity contribution in [2.45, 2.75) is 0 Å². The molecule has 0 aromatic heterocycles. The summed E-state index contributed by atoms with van der Waals surface area (Å²) in [4.78, 5) is 2.25. The SMILES string of the molecule is C(#Cc1ccccc1)c1ccccc1.c1ccc(N(c2ccccc2)c2ccccc2)cc1. The lowest BCUT2D eigenvalue weighted by molar-refractivity contribution is 1.28. The second-order valence-electron chi connectivity index (χ2n) is 7.32. The van der Waals surface area contributed by atoms with Crippen LogP contribution >= 0.6 is 0 Å². The number of anilines is 3. The zero-order valence-corrected chi connectivity index (χ0v) is 18.4. The highest BCUT2D eigenvalue weighted by atomic mass is 15.1. The number of rotatable bonds is 3. The molecule has 0 N–H and O–H groups in total. The first-order valence-corrected chi connectivity index (χ1v) is 11.0. The summed E-state index contributed by atoms with van der Waals surface area (Å²) in [6.07, 6.45) is 0. The molecule has 0 radical (unpaired) electrons. The van der Waals surface area contributed by atoms with Crippen molar-refractivity contribution in [1.29, 1.82) is 0 Å². The maximum absolute atomic E-state index is 3.11. The summed E-state index contributed by atoms with van der Waals surface area (Å²) in [7, 11) is 0. The Labute approximate surface area is 196 Å². The molecule has 33 heavy (non-hydrogen) atoms. The van der Waals surface area contributed by atoms with Crippen LogP contribution in [0.15, 0.2) is 152 Å². The van der Waals surface area contributed by atoms with E-state index in [4.69, 9.17) is 0 Å². The van der Waals surface area contributed by atoms with Gasteiger partial charge >= 0.3 is 0 Å². The van der Waals surface area contributed by atoms with Crippen molar-refractivity contribution in [2.75, 3.05) is 4.90 Å². The van der Waals surface area contributed by atoms with E-state index in [0.29, 0.717) is 0 Å². The quantitative estimate of drug-likeness (QED) is 0.264. The average Bonchev–Trinajstić information content (AvgIpc) is 2.91. The van der Waals surface area contributed by atoms with E-state index in [0.717, 1.165) is 11.1 Å². The molecule has 1 nitrogen and oxygen atoms in total. The molecule has 0 fully saturated rings. The van der Waals surface area contributed by atoms with Gasteiger partial charge in [0.25, 0.3) is 0 Å². The van der Waals surface area contributed by atoms with E-state index in [1.54, 1.807) is 0 Å². The van der Waals surface area contributed by atoms with Gasteiger partial charge in [-0.3, -0.25) is 0 Å². The van der Waals surface area contributed by atoms with Gasteiger partial charge in [-0.05, 0) is 60.7 Å². The number of benzene rings is 5. The van der Waals surface area contributed by atoms with Gasteiger partial charge in [-0.1, -0.05) is 103 Å². The standard InChI is InChI=1S/C18H15N.C14H10/c1-4-10-16(11-5-1)19(17-12-6-2-7-13-17)18-14-8-3-9-15-18;1-3-7-13(8-4-1)11-12-14-9-5-2-6-10-14/h1-15H;1-10H. The molecule has 5 rings (SSSR count). The summed E-state index contributed by atoms with van der Waals surface area (Å²) < 4.78 is 0. The van der Waals surface area contributed by atoms with Gasteiger partial charge in [0.2, 0.25) is 0 Å². The first-order chi connectivity index (χ1) is 16.4. The lowest BCUT2D eigenvalue weighted by atomic mass is 10.2. The highest BCUT2D eigenvalue weighted by Gasteiger charge is 2.10. The second-order valence-corrected chi connectivity index (χ2v) is 7.32.